The van der Waals surface area contributed by atoms with Crippen molar-refractivity contribution in [3.05, 3.63) is 29.3 Å². The van der Waals surface area contributed by atoms with E-state index in [9.17, 15) is 14.7 Å². The first-order chi connectivity index (χ1) is 7.56. The lowest BCUT2D eigenvalue weighted by Gasteiger charge is -2.09. The summed E-state index contributed by atoms with van der Waals surface area (Å²) in [5, 5.41) is 20.8. The lowest BCUT2D eigenvalue weighted by Crippen LogP contribution is -2.05. The van der Waals surface area contributed by atoms with Gasteiger partial charge in [0.15, 0.2) is 0 Å². The Morgan fingerprint density at radius 1 is 1.50 bits per heavy atom. The molecule has 0 fully saturated rings. The van der Waals surface area contributed by atoms with E-state index in [1.807, 2.05) is 0 Å². The predicted molar refractivity (Wildman–Crippen MR) is 56.0 cm³/mol. The molecule has 84 valence electrons. The second-order valence-electron chi connectivity index (χ2n) is 3.76. The Morgan fingerprint density at radius 3 is 2.94 bits per heavy atom. The molecule has 2 rings (SSSR count). The Morgan fingerprint density at radius 2 is 2.25 bits per heavy atom. The molecule has 1 heterocycles. The first-order valence-corrected chi connectivity index (χ1v) is 4.89. The minimum Gasteiger partial charge on any atom is -0.481 e. The fourth-order valence-corrected chi connectivity index (χ4v) is 1.74. The molecule has 1 aromatic carbocycles. The van der Waals surface area contributed by atoms with Gasteiger partial charge in [-0.05, 0) is 17.2 Å². The van der Waals surface area contributed by atoms with Crippen LogP contribution in [0, 0.1) is 0 Å². The minimum atomic E-state index is -1.05. The van der Waals surface area contributed by atoms with Gasteiger partial charge in [-0.2, -0.15) is 0 Å². The average Bonchev–Trinajstić information content (AvgIpc) is 2.55. The van der Waals surface area contributed by atoms with Crippen LogP contribution in [0.2, 0.25) is 0 Å². The Hall–Kier alpha value is -1.88. The molecule has 1 aromatic rings. The van der Waals surface area contributed by atoms with Gasteiger partial charge in [0.05, 0.1) is 18.9 Å². The van der Waals surface area contributed by atoms with Gasteiger partial charge in [0.25, 0.3) is 0 Å². The van der Waals surface area contributed by atoms with Crippen molar-refractivity contribution >= 4 is 17.6 Å². The highest BCUT2D eigenvalue weighted by Gasteiger charge is 2.20. The Kier molecular flexibility index (Phi) is 2.62. The van der Waals surface area contributed by atoms with E-state index in [0.717, 1.165) is 11.3 Å². The molecule has 5 nitrogen and oxygen atoms in total. The van der Waals surface area contributed by atoms with Gasteiger partial charge in [-0.1, -0.05) is 12.1 Å². The summed E-state index contributed by atoms with van der Waals surface area (Å²) in [6, 6.07) is 4.97. The number of carboxylic acids is 1. The monoisotopic (exact) mass is 221 g/mol. The summed E-state index contributed by atoms with van der Waals surface area (Å²) in [5.41, 5.74) is 2.06. The van der Waals surface area contributed by atoms with Crippen LogP contribution in [-0.4, -0.2) is 22.1 Å². The van der Waals surface area contributed by atoms with Crippen molar-refractivity contribution in [2.24, 2.45) is 0 Å². The maximum Gasteiger partial charge on any atom is 0.306 e. The first-order valence-electron chi connectivity index (χ1n) is 4.89. The molecule has 1 aliphatic heterocycles. The summed E-state index contributed by atoms with van der Waals surface area (Å²) in [4.78, 5) is 21.5. The molecule has 0 aromatic heterocycles. The zero-order valence-corrected chi connectivity index (χ0v) is 8.43. The second kappa shape index (κ2) is 3.94. The van der Waals surface area contributed by atoms with E-state index < -0.39 is 12.1 Å². The number of carboxylic acid groups (broad SMARTS) is 1. The Bertz CT molecular complexity index is 455. The standard InChI is InChI=1S/C11H11NO4/c13-9(5-11(15)16)6-1-2-8-7(3-6)4-10(14)12-8/h1-3,9,13H,4-5H2,(H,12,14)(H,15,16). The van der Waals surface area contributed by atoms with Gasteiger partial charge in [-0.25, -0.2) is 0 Å². The molecule has 0 saturated heterocycles. The lowest BCUT2D eigenvalue weighted by molar-refractivity contribution is -0.139. The predicted octanol–water partition coefficient (Wildman–Crippen LogP) is 0.689. The number of benzene rings is 1. The third kappa shape index (κ3) is 2.04. The van der Waals surface area contributed by atoms with Crippen molar-refractivity contribution in [1.29, 1.82) is 0 Å². The zero-order valence-electron chi connectivity index (χ0n) is 8.43. The molecule has 0 radical (unpaired) electrons. The van der Waals surface area contributed by atoms with Crippen molar-refractivity contribution in [2.75, 3.05) is 5.32 Å². The number of anilines is 1. The number of aliphatic hydroxyl groups is 1. The van der Waals surface area contributed by atoms with Crippen LogP contribution in [0.25, 0.3) is 0 Å². The van der Waals surface area contributed by atoms with Crippen molar-refractivity contribution < 1.29 is 19.8 Å². The van der Waals surface area contributed by atoms with E-state index in [4.69, 9.17) is 5.11 Å². The van der Waals surface area contributed by atoms with Gasteiger partial charge >= 0.3 is 5.97 Å². The Balaban J connectivity index is 2.22. The minimum absolute atomic E-state index is 0.0834. The van der Waals surface area contributed by atoms with Crippen LogP contribution in [0.3, 0.4) is 0 Å². The van der Waals surface area contributed by atoms with Gasteiger partial charge in [0.2, 0.25) is 5.91 Å². The quantitative estimate of drug-likeness (QED) is 0.700. The van der Waals surface area contributed by atoms with E-state index in [2.05, 4.69) is 5.32 Å². The van der Waals surface area contributed by atoms with Crippen molar-refractivity contribution in [3.8, 4) is 0 Å². The van der Waals surface area contributed by atoms with Crippen LogP contribution >= 0.6 is 0 Å². The first kappa shape index (κ1) is 10.6. The van der Waals surface area contributed by atoms with E-state index in [1.165, 1.54) is 0 Å². The third-order valence-corrected chi connectivity index (χ3v) is 2.51. The van der Waals surface area contributed by atoms with Crippen LogP contribution in [0.15, 0.2) is 18.2 Å². The second-order valence-corrected chi connectivity index (χ2v) is 3.76. The van der Waals surface area contributed by atoms with Crippen molar-refractivity contribution in [1.82, 2.24) is 0 Å². The molecule has 0 aliphatic carbocycles. The number of hydrogen-bond donors (Lipinski definition) is 3. The lowest BCUT2D eigenvalue weighted by atomic mass is 10.0. The smallest absolute Gasteiger partial charge is 0.306 e. The highest BCUT2D eigenvalue weighted by Crippen LogP contribution is 2.27. The maximum absolute atomic E-state index is 11.1. The molecule has 0 saturated carbocycles. The molecule has 0 spiro atoms. The zero-order chi connectivity index (χ0) is 11.7. The number of carbonyl (C=O) groups excluding carboxylic acids is 1. The van der Waals surface area contributed by atoms with Gasteiger partial charge < -0.3 is 15.5 Å². The fraction of sp³-hybridized carbons (Fsp3) is 0.273. The summed E-state index contributed by atoms with van der Waals surface area (Å²) in [6.45, 7) is 0. The normalized spacial score (nSPS) is 15.4. The molecule has 0 bridgehead atoms. The maximum atomic E-state index is 11.1. The van der Waals surface area contributed by atoms with Gasteiger partial charge in [0.1, 0.15) is 0 Å². The summed E-state index contributed by atoms with van der Waals surface area (Å²) >= 11 is 0. The molecule has 1 aliphatic rings. The van der Waals surface area contributed by atoms with Crippen LogP contribution in [0.4, 0.5) is 5.69 Å². The number of fused-ring (bicyclic) bond motifs is 1. The summed E-state index contributed by atoms with van der Waals surface area (Å²) in [5.74, 6) is -1.14. The topological polar surface area (TPSA) is 86.6 Å². The highest BCUT2D eigenvalue weighted by atomic mass is 16.4. The molecule has 16 heavy (non-hydrogen) atoms. The highest BCUT2D eigenvalue weighted by molar-refractivity contribution is 5.99. The number of carbonyl (C=O) groups is 2. The molecular weight excluding hydrogens is 210 g/mol. The van der Waals surface area contributed by atoms with Gasteiger partial charge in [-0.3, -0.25) is 9.59 Å². The number of aliphatic hydroxyl groups excluding tert-OH is 1. The average molecular weight is 221 g/mol. The summed E-state index contributed by atoms with van der Waals surface area (Å²) < 4.78 is 0. The summed E-state index contributed by atoms with van der Waals surface area (Å²) in [7, 11) is 0. The largest absolute Gasteiger partial charge is 0.481 e. The van der Waals surface area contributed by atoms with Gasteiger partial charge in [-0.15, -0.1) is 0 Å². The molecule has 1 atom stereocenters. The van der Waals surface area contributed by atoms with Crippen LogP contribution in [0.5, 0.6) is 0 Å². The van der Waals surface area contributed by atoms with Gasteiger partial charge in [0, 0.05) is 5.69 Å². The van der Waals surface area contributed by atoms with E-state index in [-0.39, 0.29) is 18.7 Å². The molecular formula is C11H11NO4. The van der Waals surface area contributed by atoms with Crippen LogP contribution < -0.4 is 5.32 Å². The molecule has 5 heteroatoms. The number of amides is 1. The Labute approximate surface area is 91.7 Å². The van der Waals surface area contributed by atoms with Crippen LogP contribution in [-0.2, 0) is 16.0 Å². The van der Waals surface area contributed by atoms with E-state index in [0.29, 0.717) is 5.56 Å². The molecule has 3 N–H and O–H groups in total. The number of aliphatic carboxylic acids is 1. The molecule has 1 amide bonds. The van der Waals surface area contributed by atoms with E-state index >= 15 is 0 Å². The SMILES string of the molecule is O=C(O)CC(O)c1ccc2c(c1)CC(=O)N2. The fourth-order valence-electron chi connectivity index (χ4n) is 1.74. The number of rotatable bonds is 3. The molecule has 1 unspecified atom stereocenters. The van der Waals surface area contributed by atoms with E-state index in [1.54, 1.807) is 18.2 Å². The third-order valence-electron chi connectivity index (χ3n) is 2.51. The summed E-state index contributed by atoms with van der Waals surface area (Å²) in [6.07, 6.45) is -1.08. The van der Waals surface area contributed by atoms with Crippen molar-refractivity contribution in [3.63, 3.8) is 0 Å². The van der Waals surface area contributed by atoms with Crippen molar-refractivity contribution in [2.45, 2.75) is 18.9 Å². The number of hydrogen-bond acceptors (Lipinski definition) is 3. The van der Waals surface area contributed by atoms with Crippen LogP contribution in [0.1, 0.15) is 23.7 Å². The number of nitrogens with one attached hydrogen (secondary N) is 1.